The molecule has 0 saturated heterocycles. The summed E-state index contributed by atoms with van der Waals surface area (Å²) in [6.07, 6.45) is 14.9. The minimum atomic E-state index is -0.527. The van der Waals surface area contributed by atoms with Gasteiger partial charge in [0.2, 0.25) is 0 Å². The molecule has 0 aromatic carbocycles. The molecule has 1 radical (unpaired) electrons. The molecule has 0 saturated carbocycles. The molecule has 0 rings (SSSR count). The Labute approximate surface area is 115 Å². The van der Waals surface area contributed by atoms with Gasteiger partial charge in [0.15, 0.2) is 0 Å². The highest BCUT2D eigenvalue weighted by molar-refractivity contribution is 8.93. The van der Waals surface area contributed by atoms with Crippen molar-refractivity contribution in [3.05, 3.63) is 0 Å². The Hall–Kier alpha value is 0.910. The molecule has 0 aromatic heterocycles. The summed E-state index contributed by atoms with van der Waals surface area (Å²) in [6, 6.07) is 0. The maximum atomic E-state index is 2.45. The molecule has 101 valence electrons. The second-order valence-corrected chi connectivity index (χ2v) is 9.55. The van der Waals surface area contributed by atoms with Crippen molar-refractivity contribution in [2.75, 3.05) is 24.6 Å². The average Bonchev–Trinajstić information content (AvgIpc) is 2.29. The molecule has 0 fully saturated rings. The molecular weight excluding hydrogens is 279 g/mol. The third-order valence-electron chi connectivity index (χ3n) is 3.63. The van der Waals surface area contributed by atoms with Gasteiger partial charge in [-0.3, -0.25) is 0 Å². The van der Waals surface area contributed by atoms with Crippen LogP contribution in [0.15, 0.2) is 0 Å². The molecule has 0 unspecified atom stereocenters. The normalized spacial score (nSPS) is 11.2. The van der Waals surface area contributed by atoms with Crippen molar-refractivity contribution in [2.24, 2.45) is 0 Å². The number of unbranched alkanes of at least 4 members (excludes halogenated alkanes) is 3. The average molecular weight is 312 g/mol. The van der Waals surface area contributed by atoms with Crippen LogP contribution in [0.3, 0.4) is 0 Å². The van der Waals surface area contributed by atoms with Crippen molar-refractivity contribution >= 4 is 24.2 Å². The molecule has 0 aliphatic rings. The van der Waals surface area contributed by atoms with E-state index in [1.165, 1.54) is 44.7 Å². The first-order chi connectivity index (χ1) is 7.24. The van der Waals surface area contributed by atoms with E-state index in [2.05, 4.69) is 27.7 Å². The second-order valence-electron chi connectivity index (χ2n) is 4.89. The highest BCUT2D eigenvalue weighted by Gasteiger charge is 2.22. The zero-order valence-electron chi connectivity index (χ0n) is 11.9. The maximum Gasteiger partial charge on any atom is -0.0359 e. The van der Waals surface area contributed by atoms with Crippen LogP contribution >= 0.6 is 24.2 Å². The van der Waals surface area contributed by atoms with E-state index in [1.54, 1.807) is 18.5 Å². The van der Waals surface area contributed by atoms with Crippen LogP contribution < -0.4 is 0 Å². The van der Waals surface area contributed by atoms with Crippen LogP contribution in [0.2, 0.25) is 0 Å². The van der Waals surface area contributed by atoms with Crippen LogP contribution in [0.25, 0.3) is 0 Å². The molecule has 0 nitrogen and oxygen atoms in total. The molecule has 2 heteroatoms. The summed E-state index contributed by atoms with van der Waals surface area (Å²) >= 11 is 0. The molecule has 0 heterocycles. The molecule has 0 spiro atoms. The van der Waals surface area contributed by atoms with Crippen molar-refractivity contribution in [1.29, 1.82) is 0 Å². The fraction of sp³-hybridized carbons (Fsp3) is 1.00. The molecule has 0 aliphatic heterocycles. The van der Waals surface area contributed by atoms with Crippen molar-refractivity contribution in [3.8, 4) is 0 Å². The Morgan fingerprint density at radius 1 is 0.625 bits per heavy atom. The van der Waals surface area contributed by atoms with Crippen LogP contribution in [0.5, 0.6) is 0 Å². The van der Waals surface area contributed by atoms with Gasteiger partial charge < -0.3 is 0 Å². The monoisotopic (exact) mass is 311 g/mol. The third-order valence-corrected chi connectivity index (χ3v) is 8.77. The molecular formula is C14H33BrP. The number of rotatable bonds is 10. The molecule has 16 heavy (non-hydrogen) atoms. The Balaban J connectivity index is 0. The lowest BCUT2D eigenvalue weighted by atomic mass is 10.4. The third kappa shape index (κ3) is 8.07. The van der Waals surface area contributed by atoms with E-state index in [9.17, 15) is 0 Å². The van der Waals surface area contributed by atoms with E-state index in [1.807, 2.05) is 0 Å². The predicted octanol–water partition coefficient (Wildman–Crippen LogP) is 6.00. The first-order valence-corrected chi connectivity index (χ1v) is 9.62. The van der Waals surface area contributed by atoms with Crippen LogP contribution in [0.4, 0.5) is 0 Å². The maximum absolute atomic E-state index is 2.45. The minimum Gasteiger partial charge on any atom is -0.125 e. The quantitative estimate of drug-likeness (QED) is 0.434. The van der Waals surface area contributed by atoms with Gasteiger partial charge in [-0.1, -0.05) is 47.0 Å². The van der Waals surface area contributed by atoms with Crippen molar-refractivity contribution < 1.29 is 0 Å². The zero-order valence-corrected chi connectivity index (χ0v) is 14.5. The Morgan fingerprint density at radius 2 is 0.938 bits per heavy atom. The Kier molecular flexibility index (Phi) is 14.9. The van der Waals surface area contributed by atoms with E-state index in [0.717, 1.165) is 0 Å². The SMILES string of the molecule is Br.CCCC[P](CC)(CCCC)CCCC. The first kappa shape index (κ1) is 19.3. The molecule has 0 atom stereocenters. The van der Waals surface area contributed by atoms with Gasteiger partial charge in [0.25, 0.3) is 0 Å². The Bertz CT molecular complexity index is 115. The van der Waals surface area contributed by atoms with E-state index in [-0.39, 0.29) is 17.0 Å². The summed E-state index contributed by atoms with van der Waals surface area (Å²) in [5.74, 6) is 0. The van der Waals surface area contributed by atoms with Gasteiger partial charge in [-0.25, -0.2) is 0 Å². The van der Waals surface area contributed by atoms with Crippen LogP contribution in [0, 0.1) is 0 Å². The summed E-state index contributed by atoms with van der Waals surface area (Å²) < 4.78 is 0. The fourth-order valence-electron chi connectivity index (χ4n) is 2.29. The largest absolute Gasteiger partial charge is 0.125 e. The van der Waals surface area contributed by atoms with Gasteiger partial charge in [-0.2, -0.15) is 0 Å². The smallest absolute Gasteiger partial charge is 0.0359 e. The highest BCUT2D eigenvalue weighted by atomic mass is 79.9. The number of hydrogen-bond acceptors (Lipinski definition) is 0. The summed E-state index contributed by atoms with van der Waals surface area (Å²) in [7, 11) is -0.527. The second kappa shape index (κ2) is 12.4. The lowest BCUT2D eigenvalue weighted by Crippen LogP contribution is -2.11. The van der Waals surface area contributed by atoms with Gasteiger partial charge in [0, 0.05) is 0 Å². The summed E-state index contributed by atoms with van der Waals surface area (Å²) in [5, 5.41) is 0. The number of halogens is 1. The van der Waals surface area contributed by atoms with Crippen LogP contribution in [-0.2, 0) is 0 Å². The molecule has 0 amide bonds. The van der Waals surface area contributed by atoms with Crippen LogP contribution in [-0.4, -0.2) is 24.6 Å². The molecule has 0 aliphatic carbocycles. The lowest BCUT2D eigenvalue weighted by molar-refractivity contribution is 0.834. The lowest BCUT2D eigenvalue weighted by Gasteiger charge is -2.36. The van der Waals surface area contributed by atoms with E-state index >= 15 is 0 Å². The molecule has 0 N–H and O–H groups in total. The van der Waals surface area contributed by atoms with E-state index in [4.69, 9.17) is 0 Å². The summed E-state index contributed by atoms with van der Waals surface area (Å²) in [5.41, 5.74) is 0. The van der Waals surface area contributed by atoms with Gasteiger partial charge in [0.1, 0.15) is 0 Å². The summed E-state index contributed by atoms with van der Waals surface area (Å²) in [6.45, 7) is 9.46. The topological polar surface area (TPSA) is 0 Å². The van der Waals surface area contributed by atoms with Crippen molar-refractivity contribution in [1.82, 2.24) is 0 Å². The van der Waals surface area contributed by atoms with Crippen molar-refractivity contribution in [2.45, 2.75) is 66.2 Å². The van der Waals surface area contributed by atoms with Gasteiger partial charge in [-0.15, -0.1) is 24.2 Å². The summed E-state index contributed by atoms with van der Waals surface area (Å²) in [4.78, 5) is 0. The van der Waals surface area contributed by atoms with Gasteiger partial charge in [-0.05, 0) is 43.9 Å². The minimum absolute atomic E-state index is 0. The van der Waals surface area contributed by atoms with Crippen LogP contribution in [0.1, 0.15) is 66.2 Å². The van der Waals surface area contributed by atoms with Crippen molar-refractivity contribution in [3.63, 3.8) is 0 Å². The van der Waals surface area contributed by atoms with E-state index in [0.29, 0.717) is 0 Å². The van der Waals surface area contributed by atoms with E-state index < -0.39 is 7.26 Å². The highest BCUT2D eigenvalue weighted by Crippen LogP contribution is 2.60. The van der Waals surface area contributed by atoms with Gasteiger partial charge >= 0.3 is 0 Å². The zero-order chi connectivity index (χ0) is 11.6. The van der Waals surface area contributed by atoms with Gasteiger partial charge in [0.05, 0.1) is 0 Å². The Morgan fingerprint density at radius 3 is 1.12 bits per heavy atom. The predicted molar refractivity (Wildman–Crippen MR) is 87.1 cm³/mol. The number of hydrogen-bond donors (Lipinski definition) is 0. The fourth-order valence-corrected chi connectivity index (χ4v) is 6.87. The first-order valence-electron chi connectivity index (χ1n) is 7.09. The molecule has 0 aromatic rings. The molecule has 0 bridgehead atoms. The standard InChI is InChI=1S/C14H32P.BrH/c1-5-9-12-15(8-4,13-10-6-2)14-11-7-3;/h5-14H2,1-4H3;1H.